The summed E-state index contributed by atoms with van der Waals surface area (Å²) < 4.78 is 2.70. The van der Waals surface area contributed by atoms with Gasteiger partial charge in [0.1, 0.15) is 6.33 Å². The molecule has 0 saturated heterocycles. The molecule has 0 atom stereocenters. The maximum Gasteiger partial charge on any atom is 0.234 e. The zero-order chi connectivity index (χ0) is 19.9. The average molecular weight is 460 g/mol. The van der Waals surface area contributed by atoms with Crippen LogP contribution in [-0.4, -0.2) is 38.1 Å². The zero-order valence-electron chi connectivity index (χ0n) is 15.1. The van der Waals surface area contributed by atoms with Crippen molar-refractivity contribution in [2.45, 2.75) is 0 Å². The molecule has 0 fully saturated rings. The summed E-state index contributed by atoms with van der Waals surface area (Å²) in [6.45, 7) is 0. The maximum atomic E-state index is 12.2. The maximum absolute atomic E-state index is 12.2. The van der Waals surface area contributed by atoms with Gasteiger partial charge in [-0.1, -0.05) is 34.1 Å². The Balaban J connectivity index is 1.47. The Morgan fingerprint density at radius 1 is 1.04 bits per heavy atom. The monoisotopic (exact) mass is 459 g/mol. The first-order valence-corrected chi connectivity index (χ1v) is 10.3. The van der Waals surface area contributed by atoms with Crippen LogP contribution in [-0.2, 0) is 16.6 Å². The molecule has 0 aliphatic heterocycles. The number of carbonyl (C=O) groups is 2. The number of carbonyl (C=O) groups excluding carboxylic acids is 2. The van der Waals surface area contributed by atoms with Gasteiger partial charge in [-0.2, -0.15) is 0 Å². The van der Waals surface area contributed by atoms with E-state index in [0.29, 0.717) is 11.4 Å². The van der Waals surface area contributed by atoms with Crippen molar-refractivity contribution >= 4 is 50.9 Å². The number of nitrogens with zero attached hydrogens (tertiary/aromatic N) is 3. The minimum absolute atomic E-state index is 0.153. The standard InChI is InChI=1S/C19H18BrN5O2S/c1-25-12-21-24-19(25)13-4-2-6-15(8-13)22-17(26)10-28-11-18(27)23-16-7-3-5-14(20)9-16/h2-9,12H,10-11H2,1H3,(H,22,26)(H,23,27). The fourth-order valence-electron chi connectivity index (χ4n) is 2.48. The van der Waals surface area contributed by atoms with Crippen LogP contribution in [0, 0.1) is 0 Å². The highest BCUT2D eigenvalue weighted by molar-refractivity contribution is 9.10. The summed E-state index contributed by atoms with van der Waals surface area (Å²) in [5, 5.41) is 13.6. The number of thioether (sulfide) groups is 1. The summed E-state index contributed by atoms with van der Waals surface area (Å²) in [5.41, 5.74) is 2.24. The van der Waals surface area contributed by atoms with Crippen LogP contribution in [0.5, 0.6) is 0 Å². The first kappa shape index (κ1) is 20.1. The Bertz CT molecular complexity index is 992. The molecule has 0 radical (unpaired) electrons. The van der Waals surface area contributed by atoms with Gasteiger partial charge in [0, 0.05) is 28.5 Å². The van der Waals surface area contributed by atoms with Crippen LogP contribution in [0.1, 0.15) is 0 Å². The van der Waals surface area contributed by atoms with Crippen molar-refractivity contribution in [3.05, 3.63) is 59.3 Å². The Kier molecular flexibility index (Phi) is 6.83. The van der Waals surface area contributed by atoms with Crippen molar-refractivity contribution in [3.8, 4) is 11.4 Å². The molecule has 0 aliphatic rings. The van der Waals surface area contributed by atoms with Gasteiger partial charge in [0.2, 0.25) is 11.8 Å². The van der Waals surface area contributed by atoms with E-state index in [1.807, 2.05) is 55.6 Å². The summed E-state index contributed by atoms with van der Waals surface area (Å²) in [6, 6.07) is 14.8. The van der Waals surface area contributed by atoms with Crippen LogP contribution in [0.3, 0.4) is 0 Å². The van der Waals surface area contributed by atoms with Gasteiger partial charge in [0.05, 0.1) is 11.5 Å². The highest BCUT2D eigenvalue weighted by Crippen LogP contribution is 2.20. The normalized spacial score (nSPS) is 10.5. The smallest absolute Gasteiger partial charge is 0.234 e. The molecule has 0 spiro atoms. The summed E-state index contributed by atoms with van der Waals surface area (Å²) in [7, 11) is 1.86. The highest BCUT2D eigenvalue weighted by atomic mass is 79.9. The average Bonchev–Trinajstić information content (AvgIpc) is 3.08. The molecular weight excluding hydrogens is 442 g/mol. The topological polar surface area (TPSA) is 88.9 Å². The minimum atomic E-state index is -0.171. The molecule has 3 aromatic rings. The summed E-state index contributed by atoms with van der Waals surface area (Å²) >= 11 is 4.61. The van der Waals surface area contributed by atoms with Crippen molar-refractivity contribution in [2.75, 3.05) is 22.1 Å². The Labute approximate surface area is 175 Å². The van der Waals surface area contributed by atoms with E-state index < -0.39 is 0 Å². The van der Waals surface area contributed by atoms with Gasteiger partial charge in [-0.15, -0.1) is 22.0 Å². The van der Waals surface area contributed by atoms with Crippen molar-refractivity contribution in [3.63, 3.8) is 0 Å². The fraction of sp³-hybridized carbons (Fsp3) is 0.158. The molecule has 0 bridgehead atoms. The molecule has 2 amide bonds. The molecule has 0 saturated carbocycles. The van der Waals surface area contributed by atoms with Crippen molar-refractivity contribution in [1.82, 2.24) is 14.8 Å². The highest BCUT2D eigenvalue weighted by Gasteiger charge is 2.09. The molecular formula is C19H18BrN5O2S. The third kappa shape index (κ3) is 5.67. The lowest BCUT2D eigenvalue weighted by molar-refractivity contribution is -0.114. The van der Waals surface area contributed by atoms with Crippen LogP contribution in [0.25, 0.3) is 11.4 Å². The Morgan fingerprint density at radius 3 is 2.29 bits per heavy atom. The predicted molar refractivity (Wildman–Crippen MR) is 115 cm³/mol. The lowest BCUT2D eigenvalue weighted by Gasteiger charge is -2.08. The summed E-state index contributed by atoms with van der Waals surface area (Å²) in [6.07, 6.45) is 1.62. The molecule has 3 rings (SSSR count). The molecule has 28 heavy (non-hydrogen) atoms. The Hall–Kier alpha value is -2.65. The van der Waals surface area contributed by atoms with E-state index in [2.05, 4.69) is 36.8 Å². The van der Waals surface area contributed by atoms with Gasteiger partial charge in [0.25, 0.3) is 0 Å². The number of benzene rings is 2. The largest absolute Gasteiger partial charge is 0.325 e. The molecule has 9 heteroatoms. The second-order valence-corrected chi connectivity index (χ2v) is 7.85. The van der Waals surface area contributed by atoms with E-state index in [-0.39, 0.29) is 23.3 Å². The molecule has 7 nitrogen and oxygen atoms in total. The van der Waals surface area contributed by atoms with Gasteiger partial charge in [-0.25, -0.2) is 0 Å². The summed E-state index contributed by atoms with van der Waals surface area (Å²) in [4.78, 5) is 24.1. The van der Waals surface area contributed by atoms with E-state index in [4.69, 9.17) is 0 Å². The summed E-state index contributed by atoms with van der Waals surface area (Å²) in [5.74, 6) is 0.768. The van der Waals surface area contributed by atoms with E-state index in [1.54, 1.807) is 10.9 Å². The van der Waals surface area contributed by atoms with E-state index >= 15 is 0 Å². The van der Waals surface area contributed by atoms with Gasteiger partial charge in [-0.3, -0.25) is 9.59 Å². The van der Waals surface area contributed by atoms with Gasteiger partial charge >= 0.3 is 0 Å². The van der Waals surface area contributed by atoms with E-state index in [0.717, 1.165) is 15.9 Å². The van der Waals surface area contributed by atoms with Crippen LogP contribution < -0.4 is 10.6 Å². The second kappa shape index (κ2) is 9.52. The molecule has 2 N–H and O–H groups in total. The van der Waals surface area contributed by atoms with Crippen LogP contribution in [0.15, 0.2) is 59.3 Å². The minimum Gasteiger partial charge on any atom is -0.325 e. The third-order valence-corrected chi connectivity index (χ3v) is 5.12. The van der Waals surface area contributed by atoms with Crippen molar-refractivity contribution in [1.29, 1.82) is 0 Å². The fourth-order valence-corrected chi connectivity index (χ4v) is 3.49. The number of halogens is 1. The van der Waals surface area contributed by atoms with E-state index in [9.17, 15) is 9.59 Å². The molecule has 1 heterocycles. The van der Waals surface area contributed by atoms with Crippen LogP contribution >= 0.6 is 27.7 Å². The van der Waals surface area contributed by atoms with Crippen LogP contribution in [0.4, 0.5) is 11.4 Å². The molecule has 144 valence electrons. The predicted octanol–water partition coefficient (Wildman–Crippen LogP) is 3.56. The third-order valence-electron chi connectivity index (χ3n) is 3.69. The Morgan fingerprint density at radius 2 is 1.68 bits per heavy atom. The quantitative estimate of drug-likeness (QED) is 0.563. The SMILES string of the molecule is Cn1cnnc1-c1cccc(NC(=O)CSCC(=O)Nc2cccc(Br)c2)c1. The number of amides is 2. The molecule has 0 unspecified atom stereocenters. The number of nitrogens with one attached hydrogen (secondary N) is 2. The number of aromatic nitrogens is 3. The number of hydrogen-bond donors (Lipinski definition) is 2. The van der Waals surface area contributed by atoms with Crippen LogP contribution in [0.2, 0.25) is 0 Å². The molecule has 2 aromatic carbocycles. The number of rotatable bonds is 7. The van der Waals surface area contributed by atoms with Crippen molar-refractivity contribution in [2.24, 2.45) is 7.05 Å². The molecule has 0 aliphatic carbocycles. The van der Waals surface area contributed by atoms with Gasteiger partial charge < -0.3 is 15.2 Å². The number of anilines is 2. The first-order chi connectivity index (χ1) is 13.5. The second-order valence-electron chi connectivity index (χ2n) is 5.95. The number of aryl methyl sites for hydroxylation is 1. The lowest BCUT2D eigenvalue weighted by atomic mass is 10.2. The van der Waals surface area contributed by atoms with Crippen molar-refractivity contribution < 1.29 is 9.59 Å². The van der Waals surface area contributed by atoms with Gasteiger partial charge in [0.15, 0.2) is 5.82 Å². The number of hydrogen-bond acceptors (Lipinski definition) is 5. The van der Waals surface area contributed by atoms with Gasteiger partial charge in [-0.05, 0) is 30.3 Å². The zero-order valence-corrected chi connectivity index (χ0v) is 17.5. The molecule has 1 aromatic heterocycles. The lowest BCUT2D eigenvalue weighted by Crippen LogP contribution is -2.18. The van der Waals surface area contributed by atoms with E-state index in [1.165, 1.54) is 11.8 Å². The first-order valence-electron chi connectivity index (χ1n) is 8.39.